The van der Waals surface area contributed by atoms with Gasteiger partial charge in [-0.2, -0.15) is 0 Å². The van der Waals surface area contributed by atoms with Gasteiger partial charge in [-0.05, 0) is 59.7 Å². The van der Waals surface area contributed by atoms with Crippen molar-refractivity contribution in [3.63, 3.8) is 0 Å². The van der Waals surface area contributed by atoms with Crippen molar-refractivity contribution in [2.24, 2.45) is 0 Å². The van der Waals surface area contributed by atoms with Crippen molar-refractivity contribution in [2.75, 3.05) is 13.2 Å². The molecule has 0 N–H and O–H groups in total. The van der Waals surface area contributed by atoms with Gasteiger partial charge in [0.05, 0.1) is 12.7 Å². The summed E-state index contributed by atoms with van der Waals surface area (Å²) < 4.78 is 12.2. The second-order valence-electron chi connectivity index (χ2n) is 12.7. The Morgan fingerprint density at radius 1 is 0.455 bits per heavy atom. The Hall–Kier alpha value is -2.58. The molecule has 0 saturated carbocycles. The summed E-state index contributed by atoms with van der Waals surface area (Å²) in [7, 11) is 0. The summed E-state index contributed by atoms with van der Waals surface area (Å²) in [5.74, 6) is 0.967. The average Bonchev–Trinajstić information content (AvgIpc) is 3.07. The van der Waals surface area contributed by atoms with E-state index in [1.54, 1.807) is 0 Å². The van der Waals surface area contributed by atoms with Crippen LogP contribution >= 0.6 is 0 Å². The zero-order valence-corrected chi connectivity index (χ0v) is 28.5. The fourth-order valence-corrected chi connectivity index (χ4v) is 6.02. The Kier molecular flexibility index (Phi) is 18.6. The first-order valence-electron chi connectivity index (χ1n) is 18.3. The van der Waals surface area contributed by atoms with Gasteiger partial charge in [-0.25, -0.2) is 0 Å². The minimum atomic E-state index is 0.123. The van der Waals surface area contributed by atoms with E-state index in [0.29, 0.717) is 0 Å². The normalized spacial score (nSPS) is 12.0. The molecule has 0 saturated heterocycles. The Morgan fingerprint density at radius 2 is 0.864 bits per heavy atom. The molecule has 3 rings (SSSR count). The lowest BCUT2D eigenvalue weighted by atomic mass is 9.94. The van der Waals surface area contributed by atoms with E-state index >= 15 is 0 Å². The van der Waals surface area contributed by atoms with Gasteiger partial charge in [0.2, 0.25) is 0 Å². The molecule has 1 unspecified atom stereocenters. The molecule has 0 aromatic heterocycles. The van der Waals surface area contributed by atoms with E-state index in [1.807, 2.05) is 0 Å². The van der Waals surface area contributed by atoms with Crippen LogP contribution in [0.4, 0.5) is 0 Å². The summed E-state index contributed by atoms with van der Waals surface area (Å²) in [5.41, 5.74) is 6.20. The highest BCUT2D eigenvalue weighted by Gasteiger charge is 2.10. The van der Waals surface area contributed by atoms with Crippen molar-refractivity contribution < 1.29 is 9.47 Å². The molecule has 3 aromatic carbocycles. The average molecular weight is 599 g/mol. The fourth-order valence-electron chi connectivity index (χ4n) is 6.02. The van der Waals surface area contributed by atoms with Gasteiger partial charge in [-0.1, -0.05) is 177 Å². The molecule has 0 fully saturated rings. The highest BCUT2D eigenvalue weighted by Crippen LogP contribution is 2.33. The summed E-state index contributed by atoms with van der Waals surface area (Å²) in [6.45, 7) is 8.36. The molecular formula is C42H62O2. The van der Waals surface area contributed by atoms with Crippen LogP contribution < -0.4 is 4.74 Å². The predicted molar refractivity (Wildman–Crippen MR) is 192 cm³/mol. The predicted octanol–water partition coefficient (Wildman–Crippen LogP) is 13.5. The molecule has 0 aliphatic rings. The Labute approximate surface area is 271 Å². The van der Waals surface area contributed by atoms with Crippen LogP contribution in [0.5, 0.6) is 5.75 Å². The Bertz CT molecular complexity index is 1100. The Morgan fingerprint density at radius 3 is 1.34 bits per heavy atom. The number of unbranched alkanes of at least 4 members (excludes halogenated alkanes) is 16. The van der Waals surface area contributed by atoms with Gasteiger partial charge in [-0.3, -0.25) is 0 Å². The maximum Gasteiger partial charge on any atom is 0.119 e. The van der Waals surface area contributed by atoms with Crippen molar-refractivity contribution >= 4 is 0 Å². The van der Waals surface area contributed by atoms with E-state index in [9.17, 15) is 0 Å². The highest BCUT2D eigenvalue weighted by atomic mass is 16.5. The first-order valence-corrected chi connectivity index (χ1v) is 18.3. The van der Waals surface area contributed by atoms with Crippen molar-refractivity contribution in [3.8, 4) is 28.0 Å². The van der Waals surface area contributed by atoms with Crippen molar-refractivity contribution in [1.82, 2.24) is 0 Å². The lowest BCUT2D eigenvalue weighted by Gasteiger charge is -2.15. The summed E-state index contributed by atoms with van der Waals surface area (Å²) >= 11 is 0. The second-order valence-corrected chi connectivity index (χ2v) is 12.7. The first-order chi connectivity index (χ1) is 21.7. The maximum absolute atomic E-state index is 6.13. The quantitative estimate of drug-likeness (QED) is 0.0903. The molecule has 0 amide bonds. The van der Waals surface area contributed by atoms with E-state index in [-0.39, 0.29) is 6.10 Å². The van der Waals surface area contributed by atoms with Crippen molar-refractivity contribution in [1.29, 1.82) is 0 Å². The number of ether oxygens (including phenoxy) is 2. The minimum absolute atomic E-state index is 0.123. The van der Waals surface area contributed by atoms with E-state index in [4.69, 9.17) is 9.47 Å². The molecule has 0 bridgehead atoms. The summed E-state index contributed by atoms with van der Waals surface area (Å²) in [5, 5.41) is 0. The molecule has 2 nitrogen and oxygen atoms in total. The minimum Gasteiger partial charge on any atom is -0.494 e. The molecule has 1 atom stereocenters. The summed E-state index contributed by atoms with van der Waals surface area (Å²) in [4.78, 5) is 0. The van der Waals surface area contributed by atoms with Gasteiger partial charge in [-0.15, -0.1) is 0 Å². The molecule has 0 aliphatic heterocycles. The SMILES string of the molecule is CCCCCCCCCCCCCCCOc1ccc(-c2ccccc2-c2ccc(C(C)OCCCCCCC)cc2)cc1. The monoisotopic (exact) mass is 598 g/mol. The third-order valence-corrected chi connectivity index (χ3v) is 8.92. The van der Waals surface area contributed by atoms with E-state index < -0.39 is 0 Å². The zero-order valence-electron chi connectivity index (χ0n) is 28.5. The van der Waals surface area contributed by atoms with E-state index in [2.05, 4.69) is 93.6 Å². The third kappa shape index (κ3) is 14.0. The van der Waals surface area contributed by atoms with Crippen LogP contribution in [0.2, 0.25) is 0 Å². The summed E-state index contributed by atoms with van der Waals surface area (Å²) in [6.07, 6.45) is 24.3. The molecular weight excluding hydrogens is 536 g/mol. The molecule has 3 aromatic rings. The number of hydrogen-bond donors (Lipinski definition) is 0. The second kappa shape index (κ2) is 22.9. The fraction of sp³-hybridized carbons (Fsp3) is 0.571. The van der Waals surface area contributed by atoms with Gasteiger partial charge >= 0.3 is 0 Å². The molecule has 2 heteroatoms. The van der Waals surface area contributed by atoms with Crippen LogP contribution in [0.1, 0.15) is 148 Å². The topological polar surface area (TPSA) is 18.5 Å². The Balaban J connectivity index is 1.37. The first kappa shape index (κ1) is 35.9. The smallest absolute Gasteiger partial charge is 0.119 e. The summed E-state index contributed by atoms with van der Waals surface area (Å²) in [6, 6.07) is 26.3. The molecule has 44 heavy (non-hydrogen) atoms. The van der Waals surface area contributed by atoms with Crippen LogP contribution in [0.15, 0.2) is 72.8 Å². The van der Waals surface area contributed by atoms with Gasteiger partial charge in [0.1, 0.15) is 5.75 Å². The van der Waals surface area contributed by atoms with Gasteiger partial charge < -0.3 is 9.47 Å². The number of rotatable bonds is 25. The van der Waals surface area contributed by atoms with Crippen LogP contribution in [0.3, 0.4) is 0 Å². The van der Waals surface area contributed by atoms with Crippen LogP contribution in [-0.2, 0) is 4.74 Å². The standard InChI is InChI=1S/C42H62O2/c1-4-6-8-10-11-12-13-14-15-16-17-19-23-35-44-40-32-30-39(31-33-40)42-25-21-20-24-41(42)38-28-26-37(27-29-38)36(3)43-34-22-18-9-7-5-2/h20-21,24-33,36H,4-19,22-23,34-35H2,1-3H3. The van der Waals surface area contributed by atoms with Crippen molar-refractivity contribution in [2.45, 2.75) is 142 Å². The number of hydrogen-bond acceptors (Lipinski definition) is 2. The van der Waals surface area contributed by atoms with Gasteiger partial charge in [0.25, 0.3) is 0 Å². The highest BCUT2D eigenvalue weighted by molar-refractivity contribution is 5.83. The molecule has 242 valence electrons. The van der Waals surface area contributed by atoms with Gasteiger partial charge in [0, 0.05) is 6.61 Å². The lowest BCUT2D eigenvalue weighted by molar-refractivity contribution is 0.0627. The largest absolute Gasteiger partial charge is 0.494 e. The van der Waals surface area contributed by atoms with Crippen molar-refractivity contribution in [3.05, 3.63) is 78.4 Å². The van der Waals surface area contributed by atoms with Crippen LogP contribution in [0.25, 0.3) is 22.3 Å². The zero-order chi connectivity index (χ0) is 31.1. The van der Waals surface area contributed by atoms with E-state index in [0.717, 1.165) is 31.8 Å². The van der Waals surface area contributed by atoms with Crippen LogP contribution in [-0.4, -0.2) is 13.2 Å². The molecule has 0 radical (unpaired) electrons. The molecule has 0 spiro atoms. The number of benzene rings is 3. The van der Waals surface area contributed by atoms with Crippen LogP contribution in [0, 0.1) is 0 Å². The third-order valence-electron chi connectivity index (χ3n) is 8.92. The van der Waals surface area contributed by atoms with Gasteiger partial charge in [0.15, 0.2) is 0 Å². The maximum atomic E-state index is 6.13. The molecule has 0 aliphatic carbocycles. The van der Waals surface area contributed by atoms with E-state index in [1.165, 1.54) is 131 Å². The molecule has 0 heterocycles. The lowest BCUT2D eigenvalue weighted by Crippen LogP contribution is -2.01.